The summed E-state index contributed by atoms with van der Waals surface area (Å²) in [6.07, 6.45) is 2.95. The minimum absolute atomic E-state index is 0.294. The standard InChI is InChI=1S/C18H18O3/c1-21-18(20)15-8-6-12-5-7-14(9-16(12)10-15)13-3-2-4-17(19)11-13/h2-4,6,8,10-11,14,19H,5,7,9H2,1H3. The number of phenols is 1. The third-order valence-electron chi connectivity index (χ3n) is 4.20. The van der Waals surface area contributed by atoms with Gasteiger partial charge in [-0.2, -0.15) is 0 Å². The second-order valence-corrected chi connectivity index (χ2v) is 5.51. The van der Waals surface area contributed by atoms with Gasteiger partial charge < -0.3 is 9.84 Å². The van der Waals surface area contributed by atoms with Crippen LogP contribution in [0, 0.1) is 0 Å². The van der Waals surface area contributed by atoms with Crippen molar-refractivity contribution in [1.29, 1.82) is 0 Å². The van der Waals surface area contributed by atoms with E-state index in [1.54, 1.807) is 6.07 Å². The van der Waals surface area contributed by atoms with Crippen LogP contribution in [-0.4, -0.2) is 18.2 Å². The second-order valence-electron chi connectivity index (χ2n) is 5.51. The molecule has 1 atom stereocenters. The van der Waals surface area contributed by atoms with Crippen LogP contribution in [0.5, 0.6) is 5.75 Å². The lowest BCUT2D eigenvalue weighted by atomic mass is 9.79. The second kappa shape index (κ2) is 5.60. The van der Waals surface area contributed by atoms with Crippen molar-refractivity contribution in [3.8, 4) is 5.75 Å². The van der Waals surface area contributed by atoms with Crippen molar-refractivity contribution < 1.29 is 14.6 Å². The number of phenolic OH excluding ortho intramolecular Hbond substituents is 1. The van der Waals surface area contributed by atoms with Gasteiger partial charge in [0.25, 0.3) is 0 Å². The molecule has 0 aromatic heterocycles. The molecule has 0 amide bonds. The number of esters is 1. The van der Waals surface area contributed by atoms with Crippen LogP contribution in [-0.2, 0) is 17.6 Å². The Hall–Kier alpha value is -2.29. The molecule has 0 bridgehead atoms. The summed E-state index contributed by atoms with van der Waals surface area (Å²) in [5, 5.41) is 9.63. The molecular formula is C18H18O3. The molecule has 0 radical (unpaired) electrons. The Balaban J connectivity index is 1.88. The average Bonchev–Trinajstić information content (AvgIpc) is 2.53. The first-order valence-electron chi connectivity index (χ1n) is 7.16. The lowest BCUT2D eigenvalue weighted by molar-refractivity contribution is 0.0600. The molecule has 3 nitrogen and oxygen atoms in total. The molecule has 0 fully saturated rings. The number of aryl methyl sites for hydroxylation is 1. The number of rotatable bonds is 2. The first-order valence-corrected chi connectivity index (χ1v) is 7.16. The fourth-order valence-corrected chi connectivity index (χ4v) is 3.07. The third kappa shape index (κ3) is 2.77. The van der Waals surface area contributed by atoms with Gasteiger partial charge in [-0.3, -0.25) is 0 Å². The van der Waals surface area contributed by atoms with E-state index < -0.39 is 0 Å². The molecule has 3 rings (SSSR count). The highest BCUT2D eigenvalue weighted by Gasteiger charge is 2.21. The zero-order valence-corrected chi connectivity index (χ0v) is 12.0. The summed E-state index contributed by atoms with van der Waals surface area (Å²) in [5.74, 6) is 0.399. The Labute approximate surface area is 124 Å². The lowest BCUT2D eigenvalue weighted by Gasteiger charge is -2.25. The van der Waals surface area contributed by atoms with Crippen LogP contribution in [0.25, 0.3) is 0 Å². The first-order chi connectivity index (χ1) is 10.2. The number of methoxy groups -OCH3 is 1. The maximum Gasteiger partial charge on any atom is 0.337 e. The van der Waals surface area contributed by atoms with E-state index in [0.717, 1.165) is 24.8 Å². The van der Waals surface area contributed by atoms with Crippen molar-refractivity contribution in [2.24, 2.45) is 0 Å². The number of hydrogen-bond acceptors (Lipinski definition) is 3. The fraction of sp³-hybridized carbons (Fsp3) is 0.278. The minimum atomic E-state index is -0.294. The number of carbonyl (C=O) groups excluding carboxylic acids is 1. The quantitative estimate of drug-likeness (QED) is 0.858. The molecular weight excluding hydrogens is 264 g/mol. The summed E-state index contributed by atoms with van der Waals surface area (Å²) in [6.45, 7) is 0. The van der Waals surface area contributed by atoms with E-state index in [4.69, 9.17) is 4.74 Å². The highest BCUT2D eigenvalue weighted by molar-refractivity contribution is 5.89. The van der Waals surface area contributed by atoms with Crippen molar-refractivity contribution in [3.05, 3.63) is 64.7 Å². The van der Waals surface area contributed by atoms with Crippen LogP contribution < -0.4 is 0 Å². The third-order valence-corrected chi connectivity index (χ3v) is 4.20. The molecule has 1 aliphatic rings. The zero-order chi connectivity index (χ0) is 14.8. The van der Waals surface area contributed by atoms with Crippen LogP contribution in [0.15, 0.2) is 42.5 Å². The van der Waals surface area contributed by atoms with Gasteiger partial charge in [-0.1, -0.05) is 18.2 Å². The molecule has 1 N–H and O–H groups in total. The van der Waals surface area contributed by atoms with E-state index in [1.165, 1.54) is 18.2 Å². The fourth-order valence-electron chi connectivity index (χ4n) is 3.07. The summed E-state index contributed by atoms with van der Waals surface area (Å²) in [4.78, 5) is 11.6. The molecule has 1 unspecified atom stereocenters. The van der Waals surface area contributed by atoms with Gasteiger partial charge in [0.05, 0.1) is 12.7 Å². The van der Waals surface area contributed by atoms with Crippen molar-refractivity contribution in [3.63, 3.8) is 0 Å². The Bertz CT molecular complexity index is 676. The van der Waals surface area contributed by atoms with Crippen LogP contribution in [0.1, 0.15) is 39.4 Å². The Morgan fingerprint density at radius 1 is 1.19 bits per heavy atom. The lowest BCUT2D eigenvalue weighted by Crippen LogP contribution is -2.14. The topological polar surface area (TPSA) is 46.5 Å². The summed E-state index contributed by atoms with van der Waals surface area (Å²) in [7, 11) is 1.40. The predicted molar refractivity (Wildman–Crippen MR) is 80.7 cm³/mol. The molecule has 2 aromatic carbocycles. The van der Waals surface area contributed by atoms with Crippen molar-refractivity contribution >= 4 is 5.97 Å². The maximum atomic E-state index is 11.6. The molecule has 0 spiro atoms. The van der Waals surface area contributed by atoms with Crippen LogP contribution in [0.3, 0.4) is 0 Å². The van der Waals surface area contributed by atoms with Gasteiger partial charge in [0.2, 0.25) is 0 Å². The molecule has 3 heteroatoms. The number of benzene rings is 2. The van der Waals surface area contributed by atoms with Gasteiger partial charge in [-0.25, -0.2) is 4.79 Å². The summed E-state index contributed by atoms with van der Waals surface area (Å²) in [5.41, 5.74) is 4.27. The monoisotopic (exact) mass is 282 g/mol. The number of carbonyl (C=O) groups is 1. The van der Waals surface area contributed by atoms with E-state index in [9.17, 15) is 9.90 Å². The average molecular weight is 282 g/mol. The van der Waals surface area contributed by atoms with Crippen molar-refractivity contribution in [2.75, 3.05) is 7.11 Å². The molecule has 0 saturated carbocycles. The Kier molecular flexibility index (Phi) is 3.65. The van der Waals surface area contributed by atoms with Gasteiger partial charge in [0.1, 0.15) is 5.75 Å². The van der Waals surface area contributed by atoms with Crippen LogP contribution in [0.4, 0.5) is 0 Å². The number of aromatic hydroxyl groups is 1. The molecule has 0 saturated heterocycles. The smallest absolute Gasteiger partial charge is 0.337 e. The summed E-state index contributed by atoms with van der Waals surface area (Å²) in [6, 6.07) is 13.3. The number of hydrogen-bond donors (Lipinski definition) is 1. The Morgan fingerprint density at radius 2 is 2.05 bits per heavy atom. The highest BCUT2D eigenvalue weighted by atomic mass is 16.5. The van der Waals surface area contributed by atoms with E-state index in [-0.39, 0.29) is 5.97 Å². The first kappa shape index (κ1) is 13.7. The normalized spacial score (nSPS) is 17.1. The van der Waals surface area contributed by atoms with Gasteiger partial charge in [-0.15, -0.1) is 0 Å². The van der Waals surface area contributed by atoms with Crippen LogP contribution >= 0.6 is 0 Å². The molecule has 0 heterocycles. The highest BCUT2D eigenvalue weighted by Crippen LogP contribution is 2.34. The van der Waals surface area contributed by atoms with E-state index in [2.05, 4.69) is 6.07 Å². The van der Waals surface area contributed by atoms with Gasteiger partial charge in [-0.05, 0) is 66.1 Å². The summed E-state index contributed by atoms with van der Waals surface area (Å²) < 4.78 is 4.78. The maximum absolute atomic E-state index is 11.6. The van der Waals surface area contributed by atoms with E-state index in [1.807, 2.05) is 30.3 Å². The van der Waals surface area contributed by atoms with Gasteiger partial charge in [0, 0.05) is 0 Å². The van der Waals surface area contributed by atoms with E-state index in [0.29, 0.717) is 17.2 Å². The van der Waals surface area contributed by atoms with Crippen molar-refractivity contribution in [1.82, 2.24) is 0 Å². The minimum Gasteiger partial charge on any atom is -0.508 e. The zero-order valence-electron chi connectivity index (χ0n) is 12.0. The summed E-state index contributed by atoms with van der Waals surface area (Å²) >= 11 is 0. The molecule has 21 heavy (non-hydrogen) atoms. The van der Waals surface area contributed by atoms with Gasteiger partial charge >= 0.3 is 5.97 Å². The predicted octanol–water partition coefficient (Wildman–Crippen LogP) is 3.45. The SMILES string of the molecule is COC(=O)c1ccc2c(c1)CC(c1cccc(O)c1)CC2. The molecule has 0 aliphatic heterocycles. The van der Waals surface area contributed by atoms with E-state index >= 15 is 0 Å². The van der Waals surface area contributed by atoms with Gasteiger partial charge in [0.15, 0.2) is 0 Å². The molecule has 2 aromatic rings. The molecule has 108 valence electrons. The number of ether oxygens (including phenoxy) is 1. The van der Waals surface area contributed by atoms with Crippen LogP contribution in [0.2, 0.25) is 0 Å². The Morgan fingerprint density at radius 3 is 2.81 bits per heavy atom. The van der Waals surface area contributed by atoms with Crippen molar-refractivity contribution in [2.45, 2.75) is 25.2 Å². The number of fused-ring (bicyclic) bond motifs is 1. The largest absolute Gasteiger partial charge is 0.508 e. The molecule has 1 aliphatic carbocycles.